The fraction of sp³-hybridized carbons (Fsp3) is 0.250. The molecule has 2 aromatic carbocycles. The minimum absolute atomic E-state index is 0.265. The van der Waals surface area contributed by atoms with Crippen LogP contribution in [0.4, 0.5) is 0 Å². The molecule has 0 aliphatic heterocycles. The molecule has 30 heavy (non-hydrogen) atoms. The maximum atomic E-state index is 12.2. The van der Waals surface area contributed by atoms with Crippen molar-refractivity contribution in [3.05, 3.63) is 52.0 Å². The highest BCUT2D eigenvalue weighted by molar-refractivity contribution is 6.35. The van der Waals surface area contributed by atoms with Gasteiger partial charge in [-0.3, -0.25) is 9.59 Å². The first-order valence-electron chi connectivity index (χ1n) is 8.92. The van der Waals surface area contributed by atoms with E-state index in [0.717, 1.165) is 0 Å². The maximum absolute atomic E-state index is 12.2. The van der Waals surface area contributed by atoms with Crippen molar-refractivity contribution in [2.45, 2.75) is 20.0 Å². The highest BCUT2D eigenvalue weighted by Crippen LogP contribution is 2.29. The lowest BCUT2D eigenvalue weighted by Crippen LogP contribution is -2.33. The number of primary amides is 1. The average Bonchev–Trinajstić information content (AvgIpc) is 2.69. The van der Waals surface area contributed by atoms with Crippen molar-refractivity contribution in [3.63, 3.8) is 0 Å². The second-order valence-corrected chi connectivity index (χ2v) is 6.81. The van der Waals surface area contributed by atoms with Crippen LogP contribution in [0.1, 0.15) is 19.4 Å². The fourth-order valence-corrected chi connectivity index (χ4v) is 2.67. The van der Waals surface area contributed by atoms with Crippen molar-refractivity contribution in [2.75, 3.05) is 13.2 Å². The molecule has 0 radical (unpaired) electrons. The zero-order valence-electron chi connectivity index (χ0n) is 16.4. The SMILES string of the molecule is CCOc1cc(/C=N\NC(=O)[C@H](C)Oc2ccc(Cl)cc2Cl)ccc1OCC(N)=O. The molecule has 0 saturated carbocycles. The Morgan fingerprint density at radius 3 is 2.53 bits per heavy atom. The van der Waals surface area contributed by atoms with E-state index in [2.05, 4.69) is 10.5 Å². The van der Waals surface area contributed by atoms with Crippen LogP contribution in [0.3, 0.4) is 0 Å². The van der Waals surface area contributed by atoms with Crippen LogP contribution in [0.15, 0.2) is 41.5 Å². The molecule has 0 unspecified atom stereocenters. The van der Waals surface area contributed by atoms with Gasteiger partial charge in [0.15, 0.2) is 24.2 Å². The highest BCUT2D eigenvalue weighted by Gasteiger charge is 2.16. The van der Waals surface area contributed by atoms with Gasteiger partial charge in [0.25, 0.3) is 11.8 Å². The number of benzene rings is 2. The normalized spacial score (nSPS) is 11.7. The van der Waals surface area contributed by atoms with E-state index in [-0.39, 0.29) is 6.61 Å². The number of carbonyl (C=O) groups excluding carboxylic acids is 2. The Hall–Kier alpha value is -2.97. The highest BCUT2D eigenvalue weighted by atomic mass is 35.5. The summed E-state index contributed by atoms with van der Waals surface area (Å²) in [6.07, 6.45) is 0.588. The Kier molecular flexibility index (Phi) is 8.76. The third-order valence-corrected chi connectivity index (χ3v) is 4.12. The van der Waals surface area contributed by atoms with Gasteiger partial charge >= 0.3 is 0 Å². The lowest BCUT2D eigenvalue weighted by molar-refractivity contribution is -0.127. The maximum Gasteiger partial charge on any atom is 0.280 e. The zero-order valence-corrected chi connectivity index (χ0v) is 17.9. The molecule has 160 valence electrons. The van der Waals surface area contributed by atoms with Gasteiger partial charge in [-0.1, -0.05) is 23.2 Å². The predicted octanol–water partition coefficient (Wildman–Crippen LogP) is 3.17. The second kappa shape index (κ2) is 11.3. The quantitative estimate of drug-likeness (QED) is 0.423. The molecule has 10 heteroatoms. The van der Waals surface area contributed by atoms with E-state index >= 15 is 0 Å². The standard InChI is InChI=1S/C20H21Cl2N3O5/c1-3-28-18-8-13(4-6-17(18)29-11-19(23)26)10-24-25-20(27)12(2)30-16-7-5-14(21)9-15(16)22/h4-10,12H,3,11H2,1-2H3,(H2,23,26)(H,25,27)/b24-10-/t12-/m0/s1. The van der Waals surface area contributed by atoms with E-state index in [9.17, 15) is 9.59 Å². The first kappa shape index (κ1) is 23.3. The summed E-state index contributed by atoms with van der Waals surface area (Å²) >= 11 is 11.9. The summed E-state index contributed by atoms with van der Waals surface area (Å²) in [4.78, 5) is 23.1. The van der Waals surface area contributed by atoms with Crippen molar-refractivity contribution in [2.24, 2.45) is 10.8 Å². The number of hydrogen-bond acceptors (Lipinski definition) is 6. The molecule has 1 atom stereocenters. The topological polar surface area (TPSA) is 112 Å². The number of amides is 2. The van der Waals surface area contributed by atoms with Gasteiger partial charge in [0.05, 0.1) is 17.8 Å². The van der Waals surface area contributed by atoms with Gasteiger partial charge in [0.2, 0.25) is 0 Å². The Bertz CT molecular complexity index is 937. The molecule has 3 N–H and O–H groups in total. The Morgan fingerprint density at radius 2 is 1.87 bits per heavy atom. The zero-order chi connectivity index (χ0) is 22.1. The summed E-state index contributed by atoms with van der Waals surface area (Å²) in [7, 11) is 0. The van der Waals surface area contributed by atoms with Crippen LogP contribution in [-0.4, -0.2) is 37.3 Å². The molecule has 0 aliphatic carbocycles. The summed E-state index contributed by atoms with van der Waals surface area (Å²) in [5.74, 6) is 0.0631. The number of ether oxygens (including phenoxy) is 3. The number of rotatable bonds is 10. The third kappa shape index (κ3) is 7.13. The minimum Gasteiger partial charge on any atom is -0.490 e. The van der Waals surface area contributed by atoms with E-state index in [4.69, 9.17) is 43.1 Å². The van der Waals surface area contributed by atoms with Crippen molar-refractivity contribution in [1.29, 1.82) is 0 Å². The number of nitrogens with zero attached hydrogens (tertiary/aromatic N) is 1. The molecule has 0 spiro atoms. The van der Waals surface area contributed by atoms with Gasteiger partial charge in [0.1, 0.15) is 5.75 Å². The van der Waals surface area contributed by atoms with Crippen molar-refractivity contribution >= 4 is 41.2 Å². The summed E-state index contributed by atoms with van der Waals surface area (Å²) in [5, 5.41) is 4.68. The summed E-state index contributed by atoms with van der Waals surface area (Å²) in [6, 6.07) is 9.66. The molecule has 0 aromatic heterocycles. The molecule has 0 fully saturated rings. The van der Waals surface area contributed by atoms with Crippen LogP contribution in [0.5, 0.6) is 17.2 Å². The Balaban J connectivity index is 1.98. The lowest BCUT2D eigenvalue weighted by atomic mass is 10.2. The Labute approximate surface area is 183 Å². The molecule has 2 aromatic rings. The number of halogens is 2. The van der Waals surface area contributed by atoms with Gasteiger partial charge < -0.3 is 19.9 Å². The van der Waals surface area contributed by atoms with Crippen molar-refractivity contribution < 1.29 is 23.8 Å². The first-order chi connectivity index (χ1) is 14.3. The summed E-state index contributed by atoms with van der Waals surface area (Å²) < 4.78 is 16.3. The van der Waals surface area contributed by atoms with Crippen LogP contribution in [0, 0.1) is 0 Å². The van der Waals surface area contributed by atoms with Crippen LogP contribution >= 0.6 is 23.2 Å². The molecule has 2 rings (SSSR count). The van der Waals surface area contributed by atoms with Crippen LogP contribution in [0.25, 0.3) is 0 Å². The van der Waals surface area contributed by atoms with Crippen LogP contribution < -0.4 is 25.4 Å². The Morgan fingerprint density at radius 1 is 1.13 bits per heavy atom. The largest absolute Gasteiger partial charge is 0.490 e. The third-order valence-electron chi connectivity index (χ3n) is 3.59. The number of hydrazone groups is 1. The van der Waals surface area contributed by atoms with E-state index in [1.165, 1.54) is 12.3 Å². The van der Waals surface area contributed by atoms with Crippen molar-refractivity contribution in [3.8, 4) is 17.2 Å². The second-order valence-electron chi connectivity index (χ2n) is 5.96. The average molecular weight is 454 g/mol. The minimum atomic E-state index is -0.843. The van der Waals surface area contributed by atoms with Gasteiger partial charge in [-0.15, -0.1) is 0 Å². The van der Waals surface area contributed by atoms with Gasteiger partial charge in [-0.25, -0.2) is 5.43 Å². The van der Waals surface area contributed by atoms with Crippen LogP contribution in [-0.2, 0) is 9.59 Å². The number of hydrogen-bond donors (Lipinski definition) is 2. The number of nitrogens with one attached hydrogen (secondary N) is 1. The van der Waals surface area contributed by atoms with Gasteiger partial charge in [-0.2, -0.15) is 5.10 Å². The summed E-state index contributed by atoms with van der Waals surface area (Å²) in [5.41, 5.74) is 8.12. The first-order valence-corrected chi connectivity index (χ1v) is 9.68. The van der Waals surface area contributed by atoms with E-state index in [0.29, 0.717) is 39.5 Å². The monoisotopic (exact) mass is 453 g/mol. The number of nitrogens with two attached hydrogens (primary N) is 1. The lowest BCUT2D eigenvalue weighted by Gasteiger charge is -2.14. The van der Waals surface area contributed by atoms with Crippen LogP contribution in [0.2, 0.25) is 10.0 Å². The molecule has 0 saturated heterocycles. The molecule has 2 amide bonds. The summed E-state index contributed by atoms with van der Waals surface area (Å²) in [6.45, 7) is 3.51. The van der Waals surface area contributed by atoms with Gasteiger partial charge in [0, 0.05) is 5.02 Å². The van der Waals surface area contributed by atoms with E-state index < -0.39 is 17.9 Å². The number of carbonyl (C=O) groups is 2. The fourth-order valence-electron chi connectivity index (χ4n) is 2.22. The van der Waals surface area contributed by atoms with E-state index in [1.807, 2.05) is 6.92 Å². The van der Waals surface area contributed by atoms with E-state index in [1.54, 1.807) is 37.3 Å². The molecule has 0 aliphatic rings. The predicted molar refractivity (Wildman–Crippen MR) is 115 cm³/mol. The van der Waals surface area contributed by atoms with Crippen molar-refractivity contribution in [1.82, 2.24) is 5.43 Å². The molecule has 0 heterocycles. The molecule has 0 bridgehead atoms. The molecular weight excluding hydrogens is 433 g/mol. The molecule has 8 nitrogen and oxygen atoms in total. The van der Waals surface area contributed by atoms with Gasteiger partial charge in [-0.05, 0) is 55.8 Å². The smallest absolute Gasteiger partial charge is 0.280 e. The molecular formula is C20H21Cl2N3O5.